The predicted octanol–water partition coefficient (Wildman–Crippen LogP) is 1.22. The molecule has 7 nitrogen and oxygen atoms in total. The van der Waals surface area contributed by atoms with Gasteiger partial charge in [-0.1, -0.05) is 6.07 Å². The molecule has 2 aliphatic rings. The van der Waals surface area contributed by atoms with Crippen LogP contribution in [0.5, 0.6) is 0 Å². The maximum Gasteiger partial charge on any atom is 0.313 e. The molecule has 2 N–H and O–H groups in total. The Bertz CT molecular complexity index is 683. The second-order valence-electron chi connectivity index (χ2n) is 6.42. The summed E-state index contributed by atoms with van der Waals surface area (Å²) in [5.41, 5.74) is 2.38. The Morgan fingerprint density at radius 3 is 2.80 bits per heavy atom. The van der Waals surface area contributed by atoms with Gasteiger partial charge in [0.15, 0.2) is 0 Å². The summed E-state index contributed by atoms with van der Waals surface area (Å²) in [7, 11) is 0. The summed E-state index contributed by atoms with van der Waals surface area (Å²) in [5.74, 6) is -1.43. The highest BCUT2D eigenvalue weighted by atomic mass is 16.5. The fraction of sp³-hybridized carbons (Fsp3) is 0.500. The van der Waals surface area contributed by atoms with Crippen molar-refractivity contribution in [1.29, 1.82) is 0 Å². The second-order valence-corrected chi connectivity index (χ2v) is 6.42. The monoisotopic (exact) mass is 345 g/mol. The Kier molecular flexibility index (Phi) is 5.33. The molecule has 1 aromatic rings. The van der Waals surface area contributed by atoms with Gasteiger partial charge in [0, 0.05) is 38.0 Å². The van der Waals surface area contributed by atoms with Crippen LogP contribution in [0.15, 0.2) is 18.2 Å². The molecule has 2 aliphatic heterocycles. The third-order valence-electron chi connectivity index (χ3n) is 4.56. The zero-order valence-corrected chi connectivity index (χ0v) is 14.3. The molecule has 3 rings (SSSR count). The first-order chi connectivity index (χ1) is 12.0. The van der Waals surface area contributed by atoms with Gasteiger partial charge >= 0.3 is 11.8 Å². The van der Waals surface area contributed by atoms with Crippen molar-refractivity contribution in [3.63, 3.8) is 0 Å². The van der Waals surface area contributed by atoms with Gasteiger partial charge < -0.3 is 20.3 Å². The number of carbonyl (C=O) groups excluding carboxylic acids is 3. The summed E-state index contributed by atoms with van der Waals surface area (Å²) in [6.07, 6.45) is 3.69. The molecule has 1 aromatic carbocycles. The lowest BCUT2D eigenvalue weighted by Crippen LogP contribution is -2.39. The average molecular weight is 345 g/mol. The molecule has 25 heavy (non-hydrogen) atoms. The van der Waals surface area contributed by atoms with Crippen LogP contribution in [0, 0.1) is 0 Å². The van der Waals surface area contributed by atoms with Gasteiger partial charge in [-0.05, 0) is 43.4 Å². The van der Waals surface area contributed by atoms with Crippen LogP contribution in [0.1, 0.15) is 31.7 Å². The van der Waals surface area contributed by atoms with Crippen LogP contribution in [0.25, 0.3) is 0 Å². The van der Waals surface area contributed by atoms with Crippen molar-refractivity contribution in [1.82, 2.24) is 5.32 Å². The number of carbonyl (C=O) groups is 3. The van der Waals surface area contributed by atoms with Gasteiger partial charge in [-0.3, -0.25) is 14.4 Å². The summed E-state index contributed by atoms with van der Waals surface area (Å²) in [6.45, 7) is 3.24. The van der Waals surface area contributed by atoms with Crippen LogP contribution >= 0.6 is 0 Å². The number of nitrogens with one attached hydrogen (secondary N) is 2. The number of hydrogen-bond donors (Lipinski definition) is 2. The standard InChI is InChI=1S/C18H23N3O4/c1-12(22)21-8-2-4-13-6-7-14(10-16(13)21)20-18(24)17(23)19-11-15-5-3-9-25-15/h6-7,10,15H,2-5,8-9,11H2,1H3,(H,19,23)(H,20,24)/t15-/m1/s1. The van der Waals surface area contributed by atoms with Crippen LogP contribution < -0.4 is 15.5 Å². The summed E-state index contributed by atoms with van der Waals surface area (Å²) in [5, 5.41) is 5.19. The van der Waals surface area contributed by atoms with Crippen molar-refractivity contribution >= 4 is 29.1 Å². The third-order valence-corrected chi connectivity index (χ3v) is 4.56. The SMILES string of the molecule is CC(=O)N1CCCc2ccc(NC(=O)C(=O)NC[C@H]3CCCO3)cc21. The number of benzene rings is 1. The molecular weight excluding hydrogens is 322 g/mol. The van der Waals surface area contributed by atoms with Crippen LogP contribution in [0.4, 0.5) is 11.4 Å². The zero-order chi connectivity index (χ0) is 17.8. The average Bonchev–Trinajstić information content (AvgIpc) is 3.12. The van der Waals surface area contributed by atoms with Crippen molar-refractivity contribution in [2.45, 2.75) is 38.7 Å². The van der Waals surface area contributed by atoms with Gasteiger partial charge in [0.05, 0.1) is 6.10 Å². The van der Waals surface area contributed by atoms with Crippen molar-refractivity contribution in [2.24, 2.45) is 0 Å². The number of ether oxygens (including phenoxy) is 1. The Morgan fingerprint density at radius 1 is 1.24 bits per heavy atom. The molecule has 0 bridgehead atoms. The molecule has 1 fully saturated rings. The fourth-order valence-corrected chi connectivity index (χ4v) is 3.26. The van der Waals surface area contributed by atoms with Crippen LogP contribution in [-0.2, 0) is 25.5 Å². The van der Waals surface area contributed by atoms with Crippen molar-refractivity contribution in [3.05, 3.63) is 23.8 Å². The van der Waals surface area contributed by atoms with Gasteiger partial charge in [-0.2, -0.15) is 0 Å². The highest BCUT2D eigenvalue weighted by Gasteiger charge is 2.22. The van der Waals surface area contributed by atoms with E-state index in [-0.39, 0.29) is 12.0 Å². The first kappa shape index (κ1) is 17.4. The van der Waals surface area contributed by atoms with Gasteiger partial charge in [0.2, 0.25) is 5.91 Å². The number of hydrogen-bond acceptors (Lipinski definition) is 4. The van der Waals surface area contributed by atoms with E-state index in [4.69, 9.17) is 4.74 Å². The largest absolute Gasteiger partial charge is 0.376 e. The van der Waals surface area contributed by atoms with Crippen LogP contribution in [0.3, 0.4) is 0 Å². The highest BCUT2D eigenvalue weighted by molar-refractivity contribution is 6.39. The van der Waals surface area contributed by atoms with E-state index in [1.165, 1.54) is 6.92 Å². The normalized spacial score (nSPS) is 19.2. The van der Waals surface area contributed by atoms with Crippen LogP contribution in [-0.4, -0.2) is 43.5 Å². The lowest BCUT2D eigenvalue weighted by molar-refractivity contribution is -0.136. The number of amides is 3. The van der Waals surface area contributed by atoms with Crippen LogP contribution in [0.2, 0.25) is 0 Å². The van der Waals surface area contributed by atoms with Gasteiger partial charge in [0.25, 0.3) is 0 Å². The topological polar surface area (TPSA) is 87.7 Å². The molecule has 134 valence electrons. The molecule has 0 aromatic heterocycles. The lowest BCUT2D eigenvalue weighted by Gasteiger charge is -2.29. The Labute approximate surface area is 146 Å². The number of nitrogens with zero attached hydrogens (tertiary/aromatic N) is 1. The fourth-order valence-electron chi connectivity index (χ4n) is 3.26. The molecule has 0 saturated carbocycles. The molecule has 0 spiro atoms. The molecule has 0 unspecified atom stereocenters. The minimum atomic E-state index is -0.719. The minimum Gasteiger partial charge on any atom is -0.376 e. The van der Waals surface area contributed by atoms with E-state index in [2.05, 4.69) is 10.6 Å². The quantitative estimate of drug-likeness (QED) is 0.807. The maximum absolute atomic E-state index is 12.1. The van der Waals surface area contributed by atoms with Gasteiger partial charge in [-0.15, -0.1) is 0 Å². The Balaban J connectivity index is 1.62. The van der Waals surface area contributed by atoms with E-state index in [0.717, 1.165) is 36.9 Å². The van der Waals surface area contributed by atoms with E-state index in [1.807, 2.05) is 6.07 Å². The van der Waals surface area contributed by atoms with Crippen molar-refractivity contribution < 1.29 is 19.1 Å². The summed E-state index contributed by atoms with van der Waals surface area (Å²) in [4.78, 5) is 37.5. The first-order valence-electron chi connectivity index (χ1n) is 8.66. The number of anilines is 2. The smallest absolute Gasteiger partial charge is 0.313 e. The second kappa shape index (κ2) is 7.65. The van der Waals surface area contributed by atoms with E-state index in [9.17, 15) is 14.4 Å². The Hall–Kier alpha value is -2.41. The summed E-state index contributed by atoms with van der Waals surface area (Å²) >= 11 is 0. The predicted molar refractivity (Wildman–Crippen MR) is 93.4 cm³/mol. The van der Waals surface area contributed by atoms with Crippen molar-refractivity contribution in [3.8, 4) is 0 Å². The molecule has 7 heteroatoms. The minimum absolute atomic E-state index is 0.00961. The molecule has 3 amide bonds. The van der Waals surface area contributed by atoms with Gasteiger partial charge in [0.1, 0.15) is 0 Å². The molecular formula is C18H23N3O4. The summed E-state index contributed by atoms with van der Waals surface area (Å²) < 4.78 is 5.41. The number of rotatable bonds is 3. The van der Waals surface area contributed by atoms with Crippen molar-refractivity contribution in [2.75, 3.05) is 29.9 Å². The lowest BCUT2D eigenvalue weighted by atomic mass is 10.0. The van der Waals surface area contributed by atoms with E-state index in [1.54, 1.807) is 17.0 Å². The zero-order valence-electron chi connectivity index (χ0n) is 14.3. The van der Waals surface area contributed by atoms with E-state index in [0.29, 0.717) is 25.4 Å². The molecule has 0 aliphatic carbocycles. The molecule has 2 heterocycles. The number of aryl methyl sites for hydroxylation is 1. The number of fused-ring (bicyclic) bond motifs is 1. The molecule has 0 radical (unpaired) electrons. The van der Waals surface area contributed by atoms with Gasteiger partial charge in [-0.25, -0.2) is 0 Å². The molecule has 1 saturated heterocycles. The third kappa shape index (κ3) is 4.17. The Morgan fingerprint density at radius 2 is 2.08 bits per heavy atom. The maximum atomic E-state index is 12.1. The van der Waals surface area contributed by atoms with E-state index < -0.39 is 11.8 Å². The summed E-state index contributed by atoms with van der Waals surface area (Å²) in [6, 6.07) is 5.40. The van der Waals surface area contributed by atoms with E-state index >= 15 is 0 Å². The highest BCUT2D eigenvalue weighted by Crippen LogP contribution is 2.30. The molecule has 1 atom stereocenters. The first-order valence-corrected chi connectivity index (χ1v) is 8.66.